The number of carboxylic acid groups (broad SMARTS) is 1. The molecule has 1 saturated heterocycles. The molecule has 0 radical (unpaired) electrons. The van der Waals surface area contributed by atoms with Crippen molar-refractivity contribution < 1.29 is 24.2 Å². The Balaban J connectivity index is 1.40. The SMILES string of the molecule is CON=C(c1ccccc1)c1ccc(COc2ccc(C3(CC(=O)O)COC3)cc2)cc1. The van der Waals surface area contributed by atoms with Crippen LogP contribution in [0.4, 0.5) is 0 Å². The zero-order chi connectivity index (χ0) is 22.4. The van der Waals surface area contributed by atoms with Gasteiger partial charge >= 0.3 is 5.97 Å². The average Bonchev–Trinajstić information content (AvgIpc) is 2.80. The summed E-state index contributed by atoms with van der Waals surface area (Å²) in [7, 11) is 1.54. The van der Waals surface area contributed by atoms with Crippen LogP contribution in [0.3, 0.4) is 0 Å². The molecule has 0 atom stereocenters. The number of carbonyl (C=O) groups is 1. The van der Waals surface area contributed by atoms with Crippen molar-refractivity contribution in [3.05, 3.63) is 101 Å². The van der Waals surface area contributed by atoms with Crippen LogP contribution in [0.25, 0.3) is 0 Å². The molecule has 3 aromatic carbocycles. The third-order valence-electron chi connectivity index (χ3n) is 5.58. The van der Waals surface area contributed by atoms with E-state index in [2.05, 4.69) is 5.16 Å². The Bertz CT molecular complexity index is 1070. The van der Waals surface area contributed by atoms with Gasteiger partial charge in [0.2, 0.25) is 0 Å². The molecule has 32 heavy (non-hydrogen) atoms. The average molecular weight is 431 g/mol. The minimum atomic E-state index is -0.817. The molecule has 6 heteroatoms. The summed E-state index contributed by atoms with van der Waals surface area (Å²) in [5, 5.41) is 13.4. The van der Waals surface area contributed by atoms with E-state index in [1.807, 2.05) is 78.9 Å². The molecule has 1 aliphatic heterocycles. The largest absolute Gasteiger partial charge is 0.489 e. The molecule has 1 fully saturated rings. The quantitative estimate of drug-likeness (QED) is 0.401. The van der Waals surface area contributed by atoms with Crippen LogP contribution in [0.1, 0.15) is 28.7 Å². The van der Waals surface area contributed by atoms with Crippen LogP contribution in [0.15, 0.2) is 84.0 Å². The number of aliphatic carboxylic acids is 1. The lowest BCUT2D eigenvalue weighted by Gasteiger charge is -2.40. The van der Waals surface area contributed by atoms with E-state index in [0.29, 0.717) is 19.8 Å². The van der Waals surface area contributed by atoms with Gasteiger partial charge in [-0.25, -0.2) is 0 Å². The van der Waals surface area contributed by atoms with Gasteiger partial charge in [-0.15, -0.1) is 0 Å². The molecule has 0 amide bonds. The molecule has 3 aromatic rings. The maximum Gasteiger partial charge on any atom is 0.304 e. The van der Waals surface area contributed by atoms with Crippen molar-refractivity contribution in [1.29, 1.82) is 0 Å². The topological polar surface area (TPSA) is 77.4 Å². The van der Waals surface area contributed by atoms with E-state index in [1.54, 1.807) is 0 Å². The summed E-state index contributed by atoms with van der Waals surface area (Å²) >= 11 is 0. The lowest BCUT2D eigenvalue weighted by molar-refractivity contribution is -0.145. The number of hydrogen-bond acceptors (Lipinski definition) is 5. The lowest BCUT2D eigenvalue weighted by Crippen LogP contribution is -2.48. The van der Waals surface area contributed by atoms with E-state index < -0.39 is 11.4 Å². The summed E-state index contributed by atoms with van der Waals surface area (Å²) in [6.45, 7) is 1.29. The van der Waals surface area contributed by atoms with Crippen molar-refractivity contribution in [3.8, 4) is 5.75 Å². The summed E-state index contributed by atoms with van der Waals surface area (Å²) in [6, 6.07) is 25.5. The Morgan fingerprint density at radius 3 is 2.19 bits per heavy atom. The molecule has 0 spiro atoms. The van der Waals surface area contributed by atoms with Crippen LogP contribution >= 0.6 is 0 Å². The molecule has 0 aromatic heterocycles. The molecule has 1 aliphatic rings. The molecule has 0 aliphatic carbocycles. The van der Waals surface area contributed by atoms with Crippen molar-refractivity contribution in [3.63, 3.8) is 0 Å². The first-order valence-electron chi connectivity index (χ1n) is 10.4. The molecule has 0 unspecified atom stereocenters. The highest BCUT2D eigenvalue weighted by Crippen LogP contribution is 2.36. The van der Waals surface area contributed by atoms with E-state index in [4.69, 9.17) is 14.3 Å². The Morgan fingerprint density at radius 1 is 0.969 bits per heavy atom. The zero-order valence-electron chi connectivity index (χ0n) is 17.9. The summed E-state index contributed by atoms with van der Waals surface area (Å²) in [6.07, 6.45) is 0.0664. The highest BCUT2D eigenvalue weighted by Gasteiger charge is 2.42. The van der Waals surface area contributed by atoms with Crippen LogP contribution in [0.2, 0.25) is 0 Å². The number of carboxylic acids is 1. The van der Waals surface area contributed by atoms with Crippen LogP contribution in [0.5, 0.6) is 5.75 Å². The molecule has 0 saturated carbocycles. The molecule has 6 nitrogen and oxygen atoms in total. The van der Waals surface area contributed by atoms with Crippen LogP contribution < -0.4 is 4.74 Å². The van der Waals surface area contributed by atoms with Crippen LogP contribution in [0, 0.1) is 0 Å². The number of oxime groups is 1. The summed E-state index contributed by atoms with van der Waals surface area (Å²) in [4.78, 5) is 16.2. The maximum absolute atomic E-state index is 11.2. The Kier molecular flexibility index (Phi) is 6.52. The minimum absolute atomic E-state index is 0.0664. The smallest absolute Gasteiger partial charge is 0.304 e. The first-order chi connectivity index (χ1) is 15.6. The minimum Gasteiger partial charge on any atom is -0.489 e. The standard InChI is InChI=1S/C26H25NO5/c1-30-27-25(20-5-3-2-4-6-20)21-9-7-19(8-10-21)16-32-23-13-11-22(12-14-23)26(15-24(28)29)17-31-18-26/h2-14H,15-18H2,1H3,(H,28,29). The van der Waals surface area contributed by atoms with Crippen molar-refractivity contribution in [2.45, 2.75) is 18.4 Å². The second-order valence-electron chi connectivity index (χ2n) is 7.84. The van der Waals surface area contributed by atoms with Gasteiger partial charge in [-0.05, 0) is 23.3 Å². The molecule has 0 bridgehead atoms. The predicted molar refractivity (Wildman–Crippen MR) is 121 cm³/mol. The van der Waals surface area contributed by atoms with Gasteiger partial charge in [0.1, 0.15) is 25.2 Å². The van der Waals surface area contributed by atoms with Gasteiger partial charge in [0, 0.05) is 11.1 Å². The molecule has 1 N–H and O–H groups in total. The fourth-order valence-electron chi connectivity index (χ4n) is 3.80. The van der Waals surface area contributed by atoms with Crippen LogP contribution in [-0.2, 0) is 26.4 Å². The molecule has 164 valence electrons. The number of ether oxygens (including phenoxy) is 2. The Morgan fingerprint density at radius 2 is 1.62 bits per heavy atom. The van der Waals surface area contributed by atoms with Gasteiger partial charge < -0.3 is 19.4 Å². The third kappa shape index (κ3) is 4.81. The van der Waals surface area contributed by atoms with Gasteiger partial charge in [0.25, 0.3) is 0 Å². The monoisotopic (exact) mass is 431 g/mol. The van der Waals surface area contributed by atoms with Crippen molar-refractivity contribution in [1.82, 2.24) is 0 Å². The number of nitrogens with zero attached hydrogens (tertiary/aromatic N) is 1. The molecular weight excluding hydrogens is 406 g/mol. The Hall–Kier alpha value is -3.64. The zero-order valence-corrected chi connectivity index (χ0v) is 17.9. The highest BCUT2D eigenvalue weighted by molar-refractivity contribution is 6.12. The van der Waals surface area contributed by atoms with E-state index in [0.717, 1.165) is 33.7 Å². The first kappa shape index (κ1) is 21.6. The number of benzene rings is 3. The highest BCUT2D eigenvalue weighted by atomic mass is 16.6. The van der Waals surface area contributed by atoms with Crippen LogP contribution in [-0.4, -0.2) is 37.1 Å². The van der Waals surface area contributed by atoms with E-state index in [1.165, 1.54) is 7.11 Å². The Labute approximate surface area is 187 Å². The van der Waals surface area contributed by atoms with E-state index in [9.17, 15) is 9.90 Å². The third-order valence-corrected chi connectivity index (χ3v) is 5.58. The van der Waals surface area contributed by atoms with Gasteiger partial charge in [-0.1, -0.05) is 71.9 Å². The second kappa shape index (κ2) is 9.66. The molecular formula is C26H25NO5. The van der Waals surface area contributed by atoms with E-state index in [-0.39, 0.29) is 6.42 Å². The molecule has 4 rings (SSSR count). The fourth-order valence-corrected chi connectivity index (χ4v) is 3.80. The summed E-state index contributed by atoms with van der Waals surface area (Å²) < 4.78 is 11.2. The molecule has 1 heterocycles. The van der Waals surface area contributed by atoms with E-state index >= 15 is 0 Å². The lowest BCUT2D eigenvalue weighted by atomic mass is 9.76. The number of rotatable bonds is 9. The van der Waals surface area contributed by atoms with Crippen molar-refractivity contribution in [2.75, 3.05) is 20.3 Å². The van der Waals surface area contributed by atoms with Gasteiger partial charge in [-0.2, -0.15) is 0 Å². The van der Waals surface area contributed by atoms with Gasteiger partial charge in [0.05, 0.1) is 25.0 Å². The van der Waals surface area contributed by atoms with Gasteiger partial charge in [0.15, 0.2) is 0 Å². The van der Waals surface area contributed by atoms with Crippen molar-refractivity contribution >= 4 is 11.7 Å². The predicted octanol–water partition coefficient (Wildman–Crippen LogP) is 4.41. The fraction of sp³-hybridized carbons (Fsp3) is 0.231. The van der Waals surface area contributed by atoms with Crippen molar-refractivity contribution in [2.24, 2.45) is 5.16 Å². The summed E-state index contributed by atoms with van der Waals surface area (Å²) in [5.41, 5.74) is 4.27. The van der Waals surface area contributed by atoms with Gasteiger partial charge in [-0.3, -0.25) is 4.79 Å². The number of hydrogen-bond donors (Lipinski definition) is 1. The maximum atomic E-state index is 11.2. The summed E-state index contributed by atoms with van der Waals surface area (Å²) in [5.74, 6) is -0.0856. The second-order valence-corrected chi connectivity index (χ2v) is 7.84. The normalized spacial score (nSPS) is 15.0. The first-order valence-corrected chi connectivity index (χ1v) is 10.4.